The minimum absolute atomic E-state index is 0.00562. The molecular weight excluding hydrogens is 617 g/mol. The molecule has 7 nitrogen and oxygen atoms in total. The van der Waals surface area contributed by atoms with Crippen LogP contribution in [0, 0.1) is 5.82 Å². The van der Waals surface area contributed by atoms with Gasteiger partial charge in [-0.3, -0.25) is 9.59 Å². The molecule has 1 aliphatic rings. The molecule has 11 heteroatoms. The van der Waals surface area contributed by atoms with E-state index in [0.29, 0.717) is 33.9 Å². The Morgan fingerprint density at radius 3 is 2.43 bits per heavy atom. The third kappa shape index (κ3) is 6.92. The summed E-state index contributed by atoms with van der Waals surface area (Å²) in [7, 11) is 0. The summed E-state index contributed by atoms with van der Waals surface area (Å²) in [6.07, 6.45) is 3.86. The van der Waals surface area contributed by atoms with E-state index in [-0.39, 0.29) is 49.3 Å². The van der Waals surface area contributed by atoms with E-state index in [4.69, 9.17) is 21.8 Å². The van der Waals surface area contributed by atoms with Crippen LogP contribution in [0.1, 0.15) is 34.5 Å². The Morgan fingerprint density at radius 1 is 0.978 bits per heavy atom. The van der Waals surface area contributed by atoms with Crippen LogP contribution < -0.4 is 11.1 Å². The van der Waals surface area contributed by atoms with Crippen molar-refractivity contribution in [2.75, 3.05) is 18.8 Å². The monoisotopic (exact) mass is 644 g/mol. The second-order valence-corrected chi connectivity index (χ2v) is 11.5. The topological polar surface area (TPSA) is 101 Å². The standard InChI is InChI=1S/C35H28ClF3N4O3/c36-30-18-26(37)7-8-28(30)29-17-24(22-3-5-23(6-4-22)34(45)43-13-11-35(38,39)12-14-43)15-25-16-27(46-33(25)29)20-42-32(44)10-2-21-1-9-31(40)41-19-21/h1-10,15-19H,11-14,20H2,(H2,40,41)(H,42,44). The number of benzene rings is 3. The molecule has 3 N–H and O–H groups in total. The Hall–Kier alpha value is -5.09. The quantitative estimate of drug-likeness (QED) is 0.177. The predicted molar refractivity (Wildman–Crippen MR) is 172 cm³/mol. The summed E-state index contributed by atoms with van der Waals surface area (Å²) in [5.41, 5.74) is 9.93. The molecule has 5 aromatic rings. The van der Waals surface area contributed by atoms with Gasteiger partial charge in [-0.25, -0.2) is 18.2 Å². The molecular formula is C35H28ClF3N4O3. The molecule has 3 heterocycles. The van der Waals surface area contributed by atoms with Gasteiger partial charge in [0.1, 0.15) is 23.0 Å². The molecule has 46 heavy (non-hydrogen) atoms. The smallest absolute Gasteiger partial charge is 0.253 e. The zero-order valence-corrected chi connectivity index (χ0v) is 25.2. The Balaban J connectivity index is 1.27. The lowest BCUT2D eigenvalue weighted by Crippen LogP contribution is -2.42. The van der Waals surface area contributed by atoms with Crippen molar-refractivity contribution in [2.45, 2.75) is 25.3 Å². The Bertz CT molecular complexity index is 1950. The summed E-state index contributed by atoms with van der Waals surface area (Å²) in [5, 5.41) is 3.71. The fraction of sp³-hybridized carbons (Fsp3) is 0.171. The first kappa shape index (κ1) is 30.9. The number of furan rings is 1. The molecule has 3 aromatic carbocycles. The van der Waals surface area contributed by atoms with E-state index in [2.05, 4.69) is 10.3 Å². The average Bonchev–Trinajstić information content (AvgIpc) is 3.46. The highest BCUT2D eigenvalue weighted by molar-refractivity contribution is 6.33. The number of nitrogen functional groups attached to an aromatic ring is 1. The molecule has 1 saturated heterocycles. The van der Waals surface area contributed by atoms with Crippen LogP contribution in [0.4, 0.5) is 19.0 Å². The van der Waals surface area contributed by atoms with Gasteiger partial charge in [-0.15, -0.1) is 0 Å². The molecule has 0 aliphatic carbocycles. The maximum Gasteiger partial charge on any atom is 0.253 e. The van der Waals surface area contributed by atoms with Gasteiger partial charge in [-0.05, 0) is 83.4 Å². The average molecular weight is 645 g/mol. The summed E-state index contributed by atoms with van der Waals surface area (Å²) in [4.78, 5) is 30.9. The lowest BCUT2D eigenvalue weighted by atomic mass is 9.96. The summed E-state index contributed by atoms with van der Waals surface area (Å²) in [6, 6.07) is 20.0. The van der Waals surface area contributed by atoms with Gasteiger partial charge in [0.25, 0.3) is 11.8 Å². The van der Waals surface area contributed by atoms with Crippen LogP contribution in [0.5, 0.6) is 0 Å². The van der Waals surface area contributed by atoms with Gasteiger partial charge in [0.2, 0.25) is 5.91 Å². The maximum absolute atomic E-state index is 13.9. The number of anilines is 1. The Kier molecular flexibility index (Phi) is 8.55. The first-order valence-electron chi connectivity index (χ1n) is 14.5. The number of hydrogen-bond donors (Lipinski definition) is 2. The third-order valence-corrected chi connectivity index (χ3v) is 8.12. The third-order valence-electron chi connectivity index (χ3n) is 7.81. The van der Waals surface area contributed by atoms with Gasteiger partial charge in [-0.2, -0.15) is 0 Å². The SMILES string of the molecule is Nc1ccc(C=CC(=O)NCc2cc3cc(-c4ccc(C(=O)N5CCC(F)(F)CC5)cc4)cc(-c4ccc(F)cc4Cl)c3o2)cn1. The molecule has 0 bridgehead atoms. The number of amides is 2. The van der Waals surface area contributed by atoms with Crippen LogP contribution in [0.2, 0.25) is 5.02 Å². The fourth-order valence-corrected chi connectivity index (χ4v) is 5.58. The number of halogens is 4. The summed E-state index contributed by atoms with van der Waals surface area (Å²) in [5.74, 6) is -2.99. The van der Waals surface area contributed by atoms with Crippen molar-refractivity contribution in [3.8, 4) is 22.3 Å². The van der Waals surface area contributed by atoms with Crippen LogP contribution >= 0.6 is 11.6 Å². The summed E-state index contributed by atoms with van der Waals surface area (Å²) < 4.78 is 47.3. The molecule has 0 unspecified atom stereocenters. The summed E-state index contributed by atoms with van der Waals surface area (Å²) >= 11 is 6.47. The number of likely N-dealkylation sites (tertiary alicyclic amines) is 1. The van der Waals surface area contributed by atoms with Crippen molar-refractivity contribution in [1.82, 2.24) is 15.2 Å². The van der Waals surface area contributed by atoms with Gasteiger partial charge in [0.15, 0.2) is 0 Å². The molecule has 2 amide bonds. The van der Waals surface area contributed by atoms with Crippen molar-refractivity contribution in [3.05, 3.63) is 113 Å². The first-order chi connectivity index (χ1) is 22.0. The molecule has 0 atom stereocenters. The minimum atomic E-state index is -2.74. The van der Waals surface area contributed by atoms with Crippen LogP contribution in [-0.2, 0) is 11.3 Å². The predicted octanol–water partition coefficient (Wildman–Crippen LogP) is 7.74. The number of nitrogens with one attached hydrogen (secondary N) is 1. The highest BCUT2D eigenvalue weighted by Gasteiger charge is 2.35. The van der Waals surface area contributed by atoms with E-state index in [1.807, 2.05) is 12.1 Å². The molecule has 234 valence electrons. The largest absolute Gasteiger partial charge is 0.459 e. The zero-order valence-electron chi connectivity index (χ0n) is 24.4. The molecule has 6 rings (SSSR count). The number of nitrogens with zero attached hydrogens (tertiary/aromatic N) is 2. The second-order valence-electron chi connectivity index (χ2n) is 11.1. The normalized spacial score (nSPS) is 14.6. The number of aromatic nitrogens is 1. The van der Waals surface area contributed by atoms with E-state index in [1.165, 1.54) is 23.1 Å². The molecule has 1 fully saturated rings. The molecule has 2 aromatic heterocycles. The van der Waals surface area contributed by atoms with Crippen LogP contribution in [-0.4, -0.2) is 40.7 Å². The molecule has 1 aliphatic heterocycles. The number of rotatable bonds is 7. The van der Waals surface area contributed by atoms with Gasteiger partial charge in [0, 0.05) is 60.3 Å². The highest BCUT2D eigenvalue weighted by atomic mass is 35.5. The lowest BCUT2D eigenvalue weighted by molar-refractivity contribution is -0.116. The van der Waals surface area contributed by atoms with E-state index >= 15 is 0 Å². The fourth-order valence-electron chi connectivity index (χ4n) is 5.31. The van der Waals surface area contributed by atoms with E-state index < -0.39 is 11.7 Å². The van der Waals surface area contributed by atoms with Gasteiger partial charge < -0.3 is 20.4 Å². The molecule has 0 spiro atoms. The first-order valence-corrected chi connectivity index (χ1v) is 14.9. The van der Waals surface area contributed by atoms with Gasteiger partial charge in [-0.1, -0.05) is 23.7 Å². The number of fused-ring (bicyclic) bond motifs is 1. The lowest BCUT2D eigenvalue weighted by Gasteiger charge is -2.31. The number of piperidine rings is 1. The minimum Gasteiger partial charge on any atom is -0.459 e. The number of hydrogen-bond acceptors (Lipinski definition) is 5. The number of pyridine rings is 1. The number of carbonyl (C=O) groups excluding carboxylic acids is 2. The van der Waals surface area contributed by atoms with Crippen molar-refractivity contribution >= 4 is 46.3 Å². The van der Waals surface area contributed by atoms with E-state index in [1.54, 1.807) is 60.8 Å². The second kappa shape index (κ2) is 12.7. The molecule has 0 radical (unpaired) electrons. The number of alkyl halides is 2. The maximum atomic E-state index is 13.9. The van der Waals surface area contributed by atoms with E-state index in [0.717, 1.165) is 22.1 Å². The van der Waals surface area contributed by atoms with Crippen LogP contribution in [0.15, 0.2) is 89.5 Å². The molecule has 0 saturated carbocycles. The van der Waals surface area contributed by atoms with Crippen molar-refractivity contribution in [3.63, 3.8) is 0 Å². The summed E-state index contributed by atoms with van der Waals surface area (Å²) in [6.45, 7) is 0.111. The Morgan fingerprint density at radius 2 is 1.74 bits per heavy atom. The number of nitrogens with two attached hydrogens (primary N) is 1. The van der Waals surface area contributed by atoms with Gasteiger partial charge in [0.05, 0.1) is 11.6 Å². The van der Waals surface area contributed by atoms with Crippen molar-refractivity contribution in [2.24, 2.45) is 0 Å². The van der Waals surface area contributed by atoms with Crippen molar-refractivity contribution < 1.29 is 27.2 Å². The van der Waals surface area contributed by atoms with Gasteiger partial charge >= 0.3 is 0 Å². The zero-order chi connectivity index (χ0) is 32.4. The van der Waals surface area contributed by atoms with Crippen LogP contribution in [0.25, 0.3) is 39.3 Å². The van der Waals surface area contributed by atoms with E-state index in [9.17, 15) is 22.8 Å². The Labute approximate surface area is 267 Å². The van der Waals surface area contributed by atoms with Crippen molar-refractivity contribution in [1.29, 1.82) is 0 Å². The number of carbonyl (C=O) groups is 2. The van der Waals surface area contributed by atoms with Crippen LogP contribution in [0.3, 0.4) is 0 Å². The highest BCUT2D eigenvalue weighted by Crippen LogP contribution is 2.39.